The van der Waals surface area contributed by atoms with E-state index in [0.29, 0.717) is 13.0 Å². The lowest BCUT2D eigenvalue weighted by atomic mass is 9.98. The van der Waals surface area contributed by atoms with Crippen molar-refractivity contribution in [2.75, 3.05) is 33.0 Å². The van der Waals surface area contributed by atoms with Crippen LogP contribution in [0, 0.1) is 0 Å². The van der Waals surface area contributed by atoms with Gasteiger partial charge < -0.3 is 64.2 Å². The molecule has 0 aromatic carbocycles. The Morgan fingerprint density at radius 2 is 0.946 bits per heavy atom. The molecule has 14 nitrogen and oxygen atoms in total. The molecule has 0 bridgehead atoms. The molecule has 332 valence electrons. The van der Waals surface area contributed by atoms with Gasteiger partial charge in [-0.3, -0.25) is 4.79 Å². The highest BCUT2D eigenvalue weighted by molar-refractivity contribution is 5.69. The molecule has 11 unspecified atom stereocenters. The number of carbonyl (C=O) groups excluding carboxylic acids is 1. The Morgan fingerprint density at radius 1 is 0.518 bits per heavy atom. The van der Waals surface area contributed by atoms with Crippen LogP contribution < -0.4 is 0 Å². The third-order valence-electron chi connectivity index (χ3n) is 10.9. The van der Waals surface area contributed by atoms with Gasteiger partial charge in [-0.05, 0) is 12.8 Å². The summed E-state index contributed by atoms with van der Waals surface area (Å²) in [5.41, 5.74) is 0. The zero-order chi connectivity index (χ0) is 41.0. The summed E-state index contributed by atoms with van der Waals surface area (Å²) in [5, 5.41) is 71.6. The van der Waals surface area contributed by atoms with Gasteiger partial charge in [-0.15, -0.1) is 0 Å². The molecule has 0 amide bonds. The van der Waals surface area contributed by atoms with Crippen molar-refractivity contribution < 1.29 is 69.0 Å². The summed E-state index contributed by atoms with van der Waals surface area (Å²) in [6.07, 6.45) is 10.7. The fourth-order valence-corrected chi connectivity index (χ4v) is 7.17. The van der Waals surface area contributed by atoms with E-state index in [0.717, 1.165) is 44.9 Å². The topological polar surface area (TPSA) is 214 Å². The van der Waals surface area contributed by atoms with E-state index in [4.69, 9.17) is 28.4 Å². The molecular weight excluding hydrogens is 728 g/mol. The van der Waals surface area contributed by atoms with Crippen molar-refractivity contribution in [1.82, 2.24) is 0 Å². The highest BCUT2D eigenvalue weighted by Gasteiger charge is 2.47. The van der Waals surface area contributed by atoms with Crippen LogP contribution in [0.15, 0.2) is 0 Å². The summed E-state index contributed by atoms with van der Waals surface area (Å²) in [5.74, 6) is -0.383. The summed E-state index contributed by atoms with van der Waals surface area (Å²) in [7, 11) is 0. The van der Waals surface area contributed by atoms with E-state index < -0.39 is 80.7 Å². The molecule has 2 fully saturated rings. The molecule has 11 atom stereocenters. The number of aliphatic hydroxyl groups is 7. The lowest BCUT2D eigenvalue weighted by Crippen LogP contribution is -2.61. The maximum Gasteiger partial charge on any atom is 0.306 e. The van der Waals surface area contributed by atoms with Gasteiger partial charge in [0.05, 0.1) is 26.4 Å². The molecule has 7 N–H and O–H groups in total. The molecule has 56 heavy (non-hydrogen) atoms. The van der Waals surface area contributed by atoms with E-state index in [1.165, 1.54) is 89.9 Å². The highest BCUT2D eigenvalue weighted by atomic mass is 16.7. The van der Waals surface area contributed by atoms with E-state index in [-0.39, 0.29) is 25.6 Å². The number of unbranched alkanes of at least 4 members (excludes halogenated alkanes) is 20. The number of rotatable bonds is 34. The standard InChI is InChI=1S/C42H80O14/c1-3-5-7-9-11-12-13-14-15-16-17-18-19-20-22-24-26-51-28-31(54-34(44)25-23-21-10-8-6-4-2)29-52-41-40(50)38(48)36(46)33(56-41)30-53-42-39(49)37(47)35(45)32(27-43)55-42/h31-33,35-43,45-50H,3-30H2,1-2H3. The molecule has 2 saturated heterocycles. The van der Waals surface area contributed by atoms with Gasteiger partial charge in [0.1, 0.15) is 54.9 Å². The molecular formula is C42H80O14. The van der Waals surface area contributed by atoms with Gasteiger partial charge in [0.2, 0.25) is 0 Å². The van der Waals surface area contributed by atoms with Crippen molar-refractivity contribution in [3.63, 3.8) is 0 Å². The second kappa shape index (κ2) is 31.9. The average molecular weight is 809 g/mol. The third-order valence-corrected chi connectivity index (χ3v) is 10.9. The van der Waals surface area contributed by atoms with Crippen molar-refractivity contribution in [3.05, 3.63) is 0 Å². The van der Waals surface area contributed by atoms with Gasteiger partial charge >= 0.3 is 5.97 Å². The summed E-state index contributed by atoms with van der Waals surface area (Å²) in [6, 6.07) is 0. The van der Waals surface area contributed by atoms with Crippen LogP contribution >= 0.6 is 0 Å². The predicted molar refractivity (Wildman–Crippen MR) is 211 cm³/mol. The average Bonchev–Trinajstić information content (AvgIpc) is 3.19. The summed E-state index contributed by atoms with van der Waals surface area (Å²) in [4.78, 5) is 12.8. The van der Waals surface area contributed by atoms with Crippen molar-refractivity contribution >= 4 is 5.97 Å². The number of esters is 1. The molecule has 0 aliphatic carbocycles. The number of hydrogen-bond donors (Lipinski definition) is 7. The zero-order valence-corrected chi connectivity index (χ0v) is 34.6. The van der Waals surface area contributed by atoms with Gasteiger partial charge in [-0.2, -0.15) is 0 Å². The monoisotopic (exact) mass is 809 g/mol. The molecule has 2 aliphatic rings. The van der Waals surface area contributed by atoms with Crippen molar-refractivity contribution in [2.45, 2.75) is 229 Å². The molecule has 14 heteroatoms. The first-order chi connectivity index (χ1) is 27.1. The maximum absolute atomic E-state index is 12.8. The van der Waals surface area contributed by atoms with E-state index in [1.54, 1.807) is 0 Å². The SMILES string of the molecule is CCCCCCCCCCCCCCCCCCOCC(COC1OC(COC2OC(CO)C(O)C(O)C2O)C(O)C(O)C1O)OC(=O)CCCCCCCC. The van der Waals surface area contributed by atoms with Gasteiger partial charge in [-0.1, -0.05) is 142 Å². The van der Waals surface area contributed by atoms with E-state index in [2.05, 4.69) is 13.8 Å². The zero-order valence-electron chi connectivity index (χ0n) is 34.6. The fraction of sp³-hybridized carbons (Fsp3) is 0.976. The molecule has 0 saturated carbocycles. The molecule has 0 aromatic heterocycles. The van der Waals surface area contributed by atoms with Gasteiger partial charge in [-0.25, -0.2) is 0 Å². The van der Waals surface area contributed by atoms with Crippen LogP contribution in [0.1, 0.15) is 162 Å². The molecule has 0 aromatic rings. The first kappa shape index (κ1) is 51.1. The van der Waals surface area contributed by atoms with E-state index in [1.807, 2.05) is 0 Å². The largest absolute Gasteiger partial charge is 0.457 e. The Labute approximate surface area is 336 Å². The van der Waals surface area contributed by atoms with Gasteiger partial charge in [0.25, 0.3) is 0 Å². The van der Waals surface area contributed by atoms with E-state index >= 15 is 0 Å². The molecule has 2 heterocycles. The summed E-state index contributed by atoms with van der Waals surface area (Å²) >= 11 is 0. The predicted octanol–water partition coefficient (Wildman–Crippen LogP) is 4.57. The summed E-state index contributed by atoms with van der Waals surface area (Å²) < 4.78 is 34.0. The maximum atomic E-state index is 12.8. The van der Waals surface area contributed by atoms with E-state index in [9.17, 15) is 40.5 Å². The first-order valence-corrected chi connectivity index (χ1v) is 22.1. The lowest BCUT2D eigenvalue weighted by Gasteiger charge is -2.42. The van der Waals surface area contributed by atoms with Crippen molar-refractivity contribution in [1.29, 1.82) is 0 Å². The van der Waals surface area contributed by atoms with Gasteiger partial charge in [0.15, 0.2) is 12.6 Å². The third kappa shape index (κ3) is 20.8. The Morgan fingerprint density at radius 3 is 1.45 bits per heavy atom. The molecule has 2 rings (SSSR count). The van der Waals surface area contributed by atoms with Crippen LogP contribution in [-0.2, 0) is 33.2 Å². The minimum absolute atomic E-state index is 0.0681. The second-order valence-corrected chi connectivity index (χ2v) is 15.9. The lowest BCUT2D eigenvalue weighted by molar-refractivity contribution is -0.332. The minimum Gasteiger partial charge on any atom is -0.457 e. The van der Waals surface area contributed by atoms with Gasteiger partial charge in [0, 0.05) is 13.0 Å². The number of ether oxygens (including phenoxy) is 6. The Balaban J connectivity index is 1.76. The van der Waals surface area contributed by atoms with Crippen LogP contribution in [0.25, 0.3) is 0 Å². The van der Waals surface area contributed by atoms with Crippen LogP contribution in [0.5, 0.6) is 0 Å². The van der Waals surface area contributed by atoms with Crippen molar-refractivity contribution in [2.24, 2.45) is 0 Å². The Kier molecular flexibility index (Phi) is 29.1. The quantitative estimate of drug-likeness (QED) is 0.0351. The molecule has 2 aliphatic heterocycles. The molecule has 0 radical (unpaired) electrons. The number of carbonyl (C=O) groups is 1. The molecule has 0 spiro atoms. The summed E-state index contributed by atoms with van der Waals surface area (Å²) in [6.45, 7) is 3.63. The first-order valence-electron chi connectivity index (χ1n) is 22.1. The number of aliphatic hydroxyl groups excluding tert-OH is 7. The highest BCUT2D eigenvalue weighted by Crippen LogP contribution is 2.26. The number of hydrogen-bond acceptors (Lipinski definition) is 14. The second-order valence-electron chi connectivity index (χ2n) is 15.9. The smallest absolute Gasteiger partial charge is 0.306 e. The van der Waals surface area contributed by atoms with Crippen molar-refractivity contribution in [3.8, 4) is 0 Å². The Bertz CT molecular complexity index is 943. The minimum atomic E-state index is -1.70. The van der Waals surface area contributed by atoms with Crippen LogP contribution in [0.4, 0.5) is 0 Å². The van der Waals surface area contributed by atoms with Crippen LogP contribution in [0.2, 0.25) is 0 Å². The fourth-order valence-electron chi connectivity index (χ4n) is 7.17. The van der Waals surface area contributed by atoms with Crippen LogP contribution in [-0.4, -0.2) is 142 Å². The van der Waals surface area contributed by atoms with Crippen LogP contribution in [0.3, 0.4) is 0 Å². The normalized spacial score (nSPS) is 28.7. The Hall–Kier alpha value is -1.01.